The monoisotopic (exact) mass is 290 g/mol. The number of carbonyl (C=O) groups is 1. The molecule has 0 spiro atoms. The van der Waals surface area contributed by atoms with Crippen LogP contribution in [0.25, 0.3) is 0 Å². The van der Waals surface area contributed by atoms with Crippen LogP contribution in [0.5, 0.6) is 0 Å². The summed E-state index contributed by atoms with van der Waals surface area (Å²) in [5, 5.41) is 0. The zero-order chi connectivity index (χ0) is 13.2. The van der Waals surface area contributed by atoms with Crippen LogP contribution >= 0.6 is 23.5 Å². The van der Waals surface area contributed by atoms with Crippen molar-refractivity contribution in [2.24, 2.45) is 0 Å². The molecule has 1 saturated heterocycles. The van der Waals surface area contributed by atoms with Gasteiger partial charge in [-0.2, -0.15) is 13.2 Å². The average molecular weight is 290 g/mol. The lowest BCUT2D eigenvalue weighted by atomic mass is 10.1. The fourth-order valence-corrected chi connectivity index (χ4v) is 3.71. The second kappa shape index (κ2) is 5.40. The Balaban J connectivity index is 2.14. The molecule has 0 radical (unpaired) electrons. The van der Waals surface area contributed by atoms with Crippen LogP contribution in [0.1, 0.15) is 15.9 Å². The van der Waals surface area contributed by atoms with E-state index in [1.165, 1.54) is 18.2 Å². The molecule has 1 aromatic rings. The van der Waals surface area contributed by atoms with Crippen molar-refractivity contribution in [1.29, 1.82) is 0 Å². The first kappa shape index (κ1) is 13.5. The highest BCUT2D eigenvalue weighted by Crippen LogP contribution is 2.36. The van der Waals surface area contributed by atoms with Gasteiger partial charge in [-0.15, -0.1) is 23.5 Å². The zero-order valence-electron chi connectivity index (χ0n) is 9.16. The Morgan fingerprint density at radius 1 is 1.11 bits per heavy atom. The quantitative estimate of drug-likeness (QED) is 0.600. The predicted octanol–water partition coefficient (Wildman–Crippen LogP) is 4.21. The van der Waals surface area contributed by atoms with Crippen molar-refractivity contribution >= 4 is 29.3 Å². The Kier molecular flexibility index (Phi) is 4.07. The van der Waals surface area contributed by atoms with Gasteiger partial charge in [0, 0.05) is 27.4 Å². The molecular weight excluding hydrogens is 281 g/mol. The standard InChI is InChI=1S/C12H9F3OS2/c13-12(14,15)9-3-1-8(2-4-9)10(16)7-11-17-5-6-18-11/h1-4,7H,5-6H2. The van der Waals surface area contributed by atoms with Crippen LogP contribution in [0, 0.1) is 0 Å². The maximum Gasteiger partial charge on any atom is 0.416 e. The van der Waals surface area contributed by atoms with Crippen molar-refractivity contribution in [2.45, 2.75) is 6.18 Å². The Hall–Kier alpha value is -0.880. The summed E-state index contributed by atoms with van der Waals surface area (Å²) in [5.74, 6) is 1.69. The summed E-state index contributed by atoms with van der Waals surface area (Å²) in [6.45, 7) is 0. The van der Waals surface area contributed by atoms with Crippen LogP contribution in [-0.2, 0) is 6.18 Å². The smallest absolute Gasteiger partial charge is 0.289 e. The molecule has 0 unspecified atom stereocenters. The molecule has 0 bridgehead atoms. The van der Waals surface area contributed by atoms with Crippen LogP contribution < -0.4 is 0 Å². The topological polar surface area (TPSA) is 17.1 Å². The van der Waals surface area contributed by atoms with Crippen molar-refractivity contribution < 1.29 is 18.0 Å². The molecule has 96 valence electrons. The first-order valence-corrected chi connectivity index (χ1v) is 7.13. The van der Waals surface area contributed by atoms with Gasteiger partial charge >= 0.3 is 6.18 Å². The van der Waals surface area contributed by atoms with Gasteiger partial charge in [0.05, 0.1) is 5.56 Å². The maximum atomic E-state index is 12.3. The molecule has 0 amide bonds. The van der Waals surface area contributed by atoms with Gasteiger partial charge in [0.2, 0.25) is 0 Å². The first-order valence-electron chi connectivity index (χ1n) is 5.16. The normalized spacial score (nSPS) is 15.8. The molecular formula is C12H9F3OS2. The minimum Gasteiger partial charge on any atom is -0.289 e. The zero-order valence-corrected chi connectivity index (χ0v) is 10.8. The van der Waals surface area contributed by atoms with Crippen LogP contribution in [0.3, 0.4) is 0 Å². The number of hydrogen-bond acceptors (Lipinski definition) is 3. The summed E-state index contributed by atoms with van der Waals surface area (Å²) >= 11 is 3.19. The lowest BCUT2D eigenvalue weighted by Crippen LogP contribution is -2.05. The molecule has 18 heavy (non-hydrogen) atoms. The van der Waals surface area contributed by atoms with Crippen molar-refractivity contribution in [1.82, 2.24) is 0 Å². The molecule has 1 nitrogen and oxygen atoms in total. The number of ketones is 1. The van der Waals surface area contributed by atoms with Crippen molar-refractivity contribution in [3.8, 4) is 0 Å². The van der Waals surface area contributed by atoms with Crippen molar-refractivity contribution in [2.75, 3.05) is 11.5 Å². The number of hydrogen-bond donors (Lipinski definition) is 0. The summed E-state index contributed by atoms with van der Waals surface area (Å²) in [6, 6.07) is 4.29. The second-order valence-corrected chi connectivity index (χ2v) is 6.13. The summed E-state index contributed by atoms with van der Waals surface area (Å²) in [5.41, 5.74) is -0.458. The molecule has 1 fully saturated rings. The number of rotatable bonds is 2. The highest BCUT2D eigenvalue weighted by molar-refractivity contribution is 8.25. The van der Waals surface area contributed by atoms with E-state index in [1.807, 2.05) is 0 Å². The SMILES string of the molecule is O=C(C=C1SCCS1)c1ccc(C(F)(F)F)cc1. The second-order valence-electron chi connectivity index (χ2n) is 3.60. The van der Waals surface area contributed by atoms with E-state index in [2.05, 4.69) is 0 Å². The number of carbonyl (C=O) groups excluding carboxylic acids is 1. The number of halogens is 3. The van der Waals surface area contributed by atoms with Gasteiger partial charge in [0.25, 0.3) is 0 Å². The van der Waals surface area contributed by atoms with Crippen LogP contribution in [0.15, 0.2) is 34.6 Å². The third kappa shape index (κ3) is 3.32. The van der Waals surface area contributed by atoms with Crippen molar-refractivity contribution in [3.63, 3.8) is 0 Å². The first-order chi connectivity index (χ1) is 8.47. The molecule has 0 saturated carbocycles. The lowest BCUT2D eigenvalue weighted by Gasteiger charge is -2.06. The molecule has 6 heteroatoms. The predicted molar refractivity (Wildman–Crippen MR) is 68.8 cm³/mol. The third-order valence-corrected chi connectivity index (χ3v) is 4.90. The van der Waals surface area contributed by atoms with Gasteiger partial charge in [0.15, 0.2) is 5.78 Å². The molecule has 0 aromatic heterocycles. The van der Waals surface area contributed by atoms with E-state index in [9.17, 15) is 18.0 Å². The number of benzene rings is 1. The molecule has 1 heterocycles. The van der Waals surface area contributed by atoms with Crippen LogP contribution in [-0.4, -0.2) is 17.3 Å². The maximum absolute atomic E-state index is 12.3. The highest BCUT2D eigenvalue weighted by atomic mass is 32.2. The van der Waals surface area contributed by atoms with Crippen LogP contribution in [0.2, 0.25) is 0 Å². The largest absolute Gasteiger partial charge is 0.416 e. The van der Waals surface area contributed by atoms with Gasteiger partial charge in [-0.05, 0) is 12.1 Å². The molecule has 0 N–H and O–H groups in total. The van der Waals surface area contributed by atoms with E-state index in [-0.39, 0.29) is 11.3 Å². The molecule has 1 aliphatic heterocycles. The Bertz CT molecular complexity index is 469. The van der Waals surface area contributed by atoms with Gasteiger partial charge in [-0.25, -0.2) is 0 Å². The summed E-state index contributed by atoms with van der Waals surface area (Å²) in [7, 11) is 0. The molecule has 2 rings (SSSR count). The van der Waals surface area contributed by atoms with Gasteiger partial charge in [-0.1, -0.05) is 12.1 Å². The summed E-state index contributed by atoms with van der Waals surface area (Å²) < 4.78 is 38.0. The molecule has 0 atom stereocenters. The van der Waals surface area contributed by atoms with Gasteiger partial charge < -0.3 is 0 Å². The minimum absolute atomic E-state index is 0.249. The van der Waals surface area contributed by atoms with Gasteiger partial charge in [-0.3, -0.25) is 4.79 Å². The van der Waals surface area contributed by atoms with E-state index in [4.69, 9.17) is 0 Å². The van der Waals surface area contributed by atoms with Crippen molar-refractivity contribution in [3.05, 3.63) is 45.7 Å². The molecule has 1 aliphatic rings. The van der Waals surface area contributed by atoms with E-state index >= 15 is 0 Å². The van der Waals surface area contributed by atoms with Gasteiger partial charge in [0.1, 0.15) is 0 Å². The number of thioether (sulfide) groups is 2. The third-order valence-electron chi connectivity index (χ3n) is 2.32. The Morgan fingerprint density at radius 3 is 2.17 bits per heavy atom. The number of alkyl halides is 3. The summed E-state index contributed by atoms with van der Waals surface area (Å²) in [4.78, 5) is 11.8. The summed E-state index contributed by atoms with van der Waals surface area (Å²) in [6.07, 6.45) is -2.87. The molecule has 0 aliphatic carbocycles. The number of allylic oxidation sites excluding steroid dienone is 1. The fourth-order valence-electron chi connectivity index (χ4n) is 1.42. The average Bonchev–Trinajstić information content (AvgIpc) is 2.81. The van der Waals surface area contributed by atoms with E-state index in [0.29, 0.717) is 0 Å². The van der Waals surface area contributed by atoms with E-state index in [0.717, 1.165) is 27.9 Å². The Labute approximate surface area is 111 Å². The van der Waals surface area contributed by atoms with Crippen LogP contribution in [0.4, 0.5) is 13.2 Å². The minimum atomic E-state index is -4.36. The highest BCUT2D eigenvalue weighted by Gasteiger charge is 2.30. The van der Waals surface area contributed by atoms with E-state index in [1.54, 1.807) is 23.5 Å². The lowest BCUT2D eigenvalue weighted by molar-refractivity contribution is -0.137. The molecule has 1 aromatic carbocycles. The fraction of sp³-hybridized carbons (Fsp3) is 0.250. The Morgan fingerprint density at radius 2 is 1.67 bits per heavy atom. The van der Waals surface area contributed by atoms with E-state index < -0.39 is 11.7 Å².